The molecule has 3 heteroatoms. The summed E-state index contributed by atoms with van der Waals surface area (Å²) in [5.74, 6) is 0.665. The number of rotatable bonds is 7. The average molecular weight is 291 g/mol. The lowest BCUT2D eigenvalue weighted by Crippen LogP contribution is -2.31. The molecular weight excluding hydrogens is 262 g/mol. The van der Waals surface area contributed by atoms with E-state index in [4.69, 9.17) is 4.74 Å². The third-order valence-electron chi connectivity index (χ3n) is 4.33. The van der Waals surface area contributed by atoms with E-state index in [9.17, 15) is 5.11 Å². The molecule has 0 aromatic heterocycles. The van der Waals surface area contributed by atoms with Crippen molar-refractivity contribution < 1.29 is 9.84 Å². The van der Waals surface area contributed by atoms with Gasteiger partial charge in [-0.25, -0.2) is 0 Å². The molecule has 0 amide bonds. The maximum Gasteiger partial charge on any atom is 0.0914 e. The van der Waals surface area contributed by atoms with Crippen LogP contribution in [0.3, 0.4) is 0 Å². The van der Waals surface area contributed by atoms with Crippen molar-refractivity contribution in [3.05, 3.63) is 35.4 Å². The molecule has 118 valence electrons. The smallest absolute Gasteiger partial charge is 0.0914 e. The predicted octanol–water partition coefficient (Wildman–Crippen LogP) is 3.08. The van der Waals surface area contributed by atoms with Crippen LogP contribution in [-0.4, -0.2) is 30.9 Å². The fourth-order valence-electron chi connectivity index (χ4n) is 3.08. The molecule has 2 N–H and O–H groups in total. The zero-order chi connectivity index (χ0) is 15.2. The number of aliphatic hydroxyl groups is 1. The summed E-state index contributed by atoms with van der Waals surface area (Å²) in [5, 5.41) is 13.7. The molecule has 0 spiro atoms. The van der Waals surface area contributed by atoms with Gasteiger partial charge in [0.15, 0.2) is 0 Å². The normalized spacial score (nSPS) is 23.7. The zero-order valence-corrected chi connectivity index (χ0v) is 13.5. The molecule has 3 unspecified atom stereocenters. The van der Waals surface area contributed by atoms with E-state index < -0.39 is 6.10 Å². The minimum Gasteiger partial charge on any atom is -0.387 e. The van der Waals surface area contributed by atoms with Crippen molar-refractivity contribution in [3.63, 3.8) is 0 Å². The van der Waals surface area contributed by atoms with Gasteiger partial charge in [-0.15, -0.1) is 0 Å². The van der Waals surface area contributed by atoms with Crippen LogP contribution < -0.4 is 5.32 Å². The first kappa shape index (κ1) is 16.5. The van der Waals surface area contributed by atoms with E-state index in [0.29, 0.717) is 24.6 Å². The molecule has 3 nitrogen and oxygen atoms in total. The van der Waals surface area contributed by atoms with Gasteiger partial charge in [0.05, 0.1) is 12.2 Å². The summed E-state index contributed by atoms with van der Waals surface area (Å²) in [5.41, 5.74) is 2.34. The Balaban J connectivity index is 1.79. The topological polar surface area (TPSA) is 41.5 Å². The lowest BCUT2D eigenvalue weighted by molar-refractivity contribution is 0.105. The van der Waals surface area contributed by atoms with Gasteiger partial charge < -0.3 is 15.2 Å². The molecule has 1 saturated carbocycles. The van der Waals surface area contributed by atoms with E-state index in [0.717, 1.165) is 31.2 Å². The SMILES string of the molecule is COC1CCC(NCC(O)c2ccc(CC(C)C)cc2)C1. The summed E-state index contributed by atoms with van der Waals surface area (Å²) in [4.78, 5) is 0. The minimum absolute atomic E-state index is 0.384. The van der Waals surface area contributed by atoms with Gasteiger partial charge in [-0.3, -0.25) is 0 Å². The van der Waals surface area contributed by atoms with Crippen LogP contribution in [0.1, 0.15) is 50.3 Å². The summed E-state index contributed by atoms with van der Waals surface area (Å²) < 4.78 is 5.38. The maximum atomic E-state index is 10.3. The van der Waals surface area contributed by atoms with Crippen LogP contribution in [0.5, 0.6) is 0 Å². The molecule has 2 rings (SSSR count). The summed E-state index contributed by atoms with van der Waals surface area (Å²) in [6.45, 7) is 5.06. The van der Waals surface area contributed by atoms with Crippen molar-refractivity contribution >= 4 is 0 Å². The number of hydrogen-bond donors (Lipinski definition) is 2. The van der Waals surface area contributed by atoms with Crippen LogP contribution in [0.4, 0.5) is 0 Å². The van der Waals surface area contributed by atoms with Gasteiger partial charge in [-0.2, -0.15) is 0 Å². The van der Waals surface area contributed by atoms with Crippen molar-refractivity contribution in [2.75, 3.05) is 13.7 Å². The number of aliphatic hydroxyl groups excluding tert-OH is 1. The Morgan fingerprint density at radius 1 is 1.24 bits per heavy atom. The molecular formula is C18H29NO2. The fraction of sp³-hybridized carbons (Fsp3) is 0.667. The Morgan fingerprint density at radius 2 is 1.95 bits per heavy atom. The first-order valence-electron chi connectivity index (χ1n) is 8.11. The lowest BCUT2D eigenvalue weighted by Gasteiger charge is -2.17. The Hall–Kier alpha value is -0.900. The standard InChI is InChI=1S/C18H29NO2/c1-13(2)10-14-4-6-15(7-5-14)18(20)12-19-16-8-9-17(11-16)21-3/h4-7,13,16-20H,8-12H2,1-3H3. The van der Waals surface area contributed by atoms with Crippen LogP contribution in [0.25, 0.3) is 0 Å². The Bertz CT molecular complexity index is 416. The third kappa shape index (κ3) is 5.10. The molecule has 1 fully saturated rings. The lowest BCUT2D eigenvalue weighted by atomic mass is 10.00. The van der Waals surface area contributed by atoms with Crippen LogP contribution in [0.15, 0.2) is 24.3 Å². The number of benzene rings is 1. The molecule has 0 radical (unpaired) electrons. The van der Waals surface area contributed by atoms with Gasteiger partial charge in [0.1, 0.15) is 0 Å². The van der Waals surface area contributed by atoms with Gasteiger partial charge in [-0.05, 0) is 42.7 Å². The van der Waals surface area contributed by atoms with Crippen molar-refractivity contribution in [1.82, 2.24) is 5.32 Å². The van der Waals surface area contributed by atoms with Gasteiger partial charge in [0.2, 0.25) is 0 Å². The highest BCUT2D eigenvalue weighted by Gasteiger charge is 2.24. The maximum absolute atomic E-state index is 10.3. The summed E-state index contributed by atoms with van der Waals surface area (Å²) >= 11 is 0. The molecule has 0 heterocycles. The number of ether oxygens (including phenoxy) is 1. The van der Waals surface area contributed by atoms with E-state index in [1.54, 1.807) is 7.11 Å². The van der Waals surface area contributed by atoms with E-state index in [2.05, 4.69) is 43.4 Å². The van der Waals surface area contributed by atoms with Crippen molar-refractivity contribution in [2.45, 2.75) is 57.8 Å². The van der Waals surface area contributed by atoms with Gasteiger partial charge >= 0.3 is 0 Å². The quantitative estimate of drug-likeness (QED) is 0.811. The fourth-order valence-corrected chi connectivity index (χ4v) is 3.08. The Morgan fingerprint density at radius 3 is 2.52 bits per heavy atom. The molecule has 1 aliphatic carbocycles. The highest BCUT2D eigenvalue weighted by molar-refractivity contribution is 5.24. The van der Waals surface area contributed by atoms with E-state index >= 15 is 0 Å². The van der Waals surface area contributed by atoms with E-state index in [-0.39, 0.29) is 0 Å². The summed E-state index contributed by atoms with van der Waals surface area (Å²) in [6, 6.07) is 8.85. The highest BCUT2D eigenvalue weighted by Crippen LogP contribution is 2.22. The largest absolute Gasteiger partial charge is 0.387 e. The molecule has 1 aromatic carbocycles. The Labute approximate surface area is 128 Å². The molecule has 0 aliphatic heterocycles. The third-order valence-corrected chi connectivity index (χ3v) is 4.33. The second-order valence-electron chi connectivity index (χ2n) is 6.63. The summed E-state index contributed by atoms with van der Waals surface area (Å²) in [6.07, 6.45) is 4.35. The first-order chi connectivity index (χ1) is 10.1. The first-order valence-corrected chi connectivity index (χ1v) is 8.11. The minimum atomic E-state index is -0.431. The van der Waals surface area contributed by atoms with Crippen molar-refractivity contribution in [2.24, 2.45) is 5.92 Å². The molecule has 1 aromatic rings. The van der Waals surface area contributed by atoms with Crippen LogP contribution in [0.2, 0.25) is 0 Å². The second-order valence-corrected chi connectivity index (χ2v) is 6.63. The molecule has 1 aliphatic rings. The van der Waals surface area contributed by atoms with Gasteiger partial charge in [0, 0.05) is 19.7 Å². The number of methoxy groups -OCH3 is 1. The molecule has 0 bridgehead atoms. The second kappa shape index (κ2) is 7.92. The molecule has 21 heavy (non-hydrogen) atoms. The number of nitrogens with one attached hydrogen (secondary N) is 1. The average Bonchev–Trinajstić information content (AvgIpc) is 2.93. The van der Waals surface area contributed by atoms with E-state index in [1.807, 2.05) is 0 Å². The van der Waals surface area contributed by atoms with Gasteiger partial charge in [-0.1, -0.05) is 38.1 Å². The monoisotopic (exact) mass is 291 g/mol. The zero-order valence-electron chi connectivity index (χ0n) is 13.5. The van der Waals surface area contributed by atoms with Crippen molar-refractivity contribution in [1.29, 1.82) is 0 Å². The predicted molar refractivity (Wildman–Crippen MR) is 86.4 cm³/mol. The van der Waals surface area contributed by atoms with Crippen LogP contribution in [-0.2, 0) is 11.2 Å². The summed E-state index contributed by atoms with van der Waals surface area (Å²) in [7, 11) is 1.78. The number of hydrogen-bond acceptors (Lipinski definition) is 3. The van der Waals surface area contributed by atoms with Crippen LogP contribution >= 0.6 is 0 Å². The molecule has 0 saturated heterocycles. The van der Waals surface area contributed by atoms with E-state index in [1.165, 1.54) is 5.56 Å². The highest BCUT2D eigenvalue weighted by atomic mass is 16.5. The van der Waals surface area contributed by atoms with Crippen LogP contribution in [0, 0.1) is 5.92 Å². The molecule has 3 atom stereocenters. The van der Waals surface area contributed by atoms with Gasteiger partial charge in [0.25, 0.3) is 0 Å². The van der Waals surface area contributed by atoms with Crippen molar-refractivity contribution in [3.8, 4) is 0 Å². The Kier molecular flexibility index (Phi) is 6.22.